The molecule has 5 heteroatoms. The van der Waals surface area contributed by atoms with Crippen molar-refractivity contribution < 1.29 is 9.50 Å². The van der Waals surface area contributed by atoms with E-state index in [-0.39, 0.29) is 24.4 Å². The molecule has 0 amide bonds. The lowest BCUT2D eigenvalue weighted by Crippen LogP contribution is -2.18. The maximum Gasteiger partial charge on any atom is 0.254 e. The highest BCUT2D eigenvalue weighted by Crippen LogP contribution is 2.15. The van der Waals surface area contributed by atoms with Gasteiger partial charge in [0.25, 0.3) is 5.56 Å². The van der Waals surface area contributed by atoms with Gasteiger partial charge in [-0.05, 0) is 19.1 Å². The van der Waals surface area contributed by atoms with Crippen LogP contribution in [0.25, 0.3) is 11.4 Å². The van der Waals surface area contributed by atoms with Gasteiger partial charge in [0.2, 0.25) is 0 Å². The SMILES string of the molecule is Cc1nc(-c2cccc(F)c2)[nH]c(=O)c1CCO. The number of aliphatic hydroxyl groups excluding tert-OH is 1. The van der Waals surface area contributed by atoms with Crippen molar-refractivity contribution in [1.82, 2.24) is 9.97 Å². The highest BCUT2D eigenvalue weighted by molar-refractivity contribution is 5.54. The van der Waals surface area contributed by atoms with Crippen molar-refractivity contribution in [3.05, 3.63) is 51.7 Å². The molecule has 0 aliphatic rings. The molecular formula is C13H13FN2O2. The molecule has 0 spiro atoms. The van der Waals surface area contributed by atoms with E-state index < -0.39 is 0 Å². The number of H-pyrrole nitrogens is 1. The van der Waals surface area contributed by atoms with Crippen LogP contribution >= 0.6 is 0 Å². The Kier molecular flexibility index (Phi) is 3.53. The number of aromatic amines is 1. The van der Waals surface area contributed by atoms with Gasteiger partial charge < -0.3 is 10.1 Å². The fourth-order valence-corrected chi connectivity index (χ4v) is 1.79. The largest absolute Gasteiger partial charge is 0.396 e. The van der Waals surface area contributed by atoms with Crippen LogP contribution in [0, 0.1) is 12.7 Å². The number of rotatable bonds is 3. The molecule has 0 atom stereocenters. The van der Waals surface area contributed by atoms with Gasteiger partial charge in [0.05, 0.1) is 0 Å². The van der Waals surface area contributed by atoms with E-state index >= 15 is 0 Å². The second kappa shape index (κ2) is 5.10. The van der Waals surface area contributed by atoms with Crippen LogP contribution in [0.3, 0.4) is 0 Å². The number of aromatic nitrogens is 2. The van der Waals surface area contributed by atoms with Crippen LogP contribution in [-0.2, 0) is 6.42 Å². The van der Waals surface area contributed by atoms with Gasteiger partial charge in [-0.25, -0.2) is 9.37 Å². The topological polar surface area (TPSA) is 66.0 Å². The Hall–Kier alpha value is -2.01. The minimum absolute atomic E-state index is 0.106. The first-order valence-corrected chi connectivity index (χ1v) is 5.58. The predicted octanol–water partition coefficient (Wildman–Crippen LogP) is 1.42. The van der Waals surface area contributed by atoms with E-state index in [0.29, 0.717) is 22.6 Å². The Morgan fingerprint density at radius 2 is 2.22 bits per heavy atom. The molecule has 4 nitrogen and oxygen atoms in total. The van der Waals surface area contributed by atoms with Crippen LogP contribution in [0.2, 0.25) is 0 Å². The molecule has 18 heavy (non-hydrogen) atoms. The second-order valence-electron chi connectivity index (χ2n) is 3.96. The van der Waals surface area contributed by atoms with Crippen molar-refractivity contribution in [2.24, 2.45) is 0 Å². The van der Waals surface area contributed by atoms with Gasteiger partial charge in [-0.2, -0.15) is 0 Å². The molecular weight excluding hydrogens is 235 g/mol. The molecule has 2 rings (SSSR count). The van der Waals surface area contributed by atoms with E-state index in [1.165, 1.54) is 12.1 Å². The van der Waals surface area contributed by atoms with Gasteiger partial charge in [0, 0.05) is 29.8 Å². The summed E-state index contributed by atoms with van der Waals surface area (Å²) >= 11 is 0. The van der Waals surface area contributed by atoms with Crippen LogP contribution in [-0.4, -0.2) is 21.7 Å². The number of hydrogen-bond acceptors (Lipinski definition) is 3. The number of halogens is 1. The Bertz CT molecular complexity index is 623. The third kappa shape index (κ3) is 2.46. The summed E-state index contributed by atoms with van der Waals surface area (Å²) in [5.74, 6) is -0.0501. The first-order valence-electron chi connectivity index (χ1n) is 5.58. The molecule has 0 aliphatic carbocycles. The number of aryl methyl sites for hydroxylation is 1. The monoisotopic (exact) mass is 248 g/mol. The Morgan fingerprint density at radius 3 is 2.83 bits per heavy atom. The summed E-state index contributed by atoms with van der Waals surface area (Å²) in [6, 6.07) is 5.87. The minimum Gasteiger partial charge on any atom is -0.396 e. The number of benzene rings is 1. The van der Waals surface area contributed by atoms with E-state index in [1.54, 1.807) is 19.1 Å². The Balaban J connectivity index is 2.51. The first kappa shape index (κ1) is 12.4. The normalized spacial score (nSPS) is 10.6. The molecule has 2 N–H and O–H groups in total. The average molecular weight is 248 g/mol. The molecule has 0 unspecified atom stereocenters. The summed E-state index contributed by atoms with van der Waals surface area (Å²) in [6.07, 6.45) is 0.262. The van der Waals surface area contributed by atoms with Gasteiger partial charge in [-0.3, -0.25) is 4.79 Å². The maximum absolute atomic E-state index is 13.1. The van der Waals surface area contributed by atoms with Gasteiger partial charge in [-0.1, -0.05) is 12.1 Å². The zero-order valence-electron chi connectivity index (χ0n) is 9.90. The lowest BCUT2D eigenvalue weighted by Gasteiger charge is -2.06. The van der Waals surface area contributed by atoms with E-state index in [4.69, 9.17) is 5.11 Å². The maximum atomic E-state index is 13.1. The minimum atomic E-state index is -0.382. The van der Waals surface area contributed by atoms with Gasteiger partial charge in [-0.15, -0.1) is 0 Å². The summed E-state index contributed by atoms with van der Waals surface area (Å²) in [7, 11) is 0. The lowest BCUT2D eigenvalue weighted by atomic mass is 10.1. The lowest BCUT2D eigenvalue weighted by molar-refractivity contribution is 0.298. The zero-order chi connectivity index (χ0) is 13.1. The number of aliphatic hydroxyl groups is 1. The molecule has 1 heterocycles. The molecule has 2 aromatic rings. The molecule has 0 radical (unpaired) electrons. The first-order chi connectivity index (χ1) is 8.61. The highest BCUT2D eigenvalue weighted by atomic mass is 19.1. The van der Waals surface area contributed by atoms with Crippen LogP contribution in [0.15, 0.2) is 29.1 Å². The quantitative estimate of drug-likeness (QED) is 0.863. The van der Waals surface area contributed by atoms with E-state index in [9.17, 15) is 9.18 Å². The van der Waals surface area contributed by atoms with E-state index in [0.717, 1.165) is 0 Å². The smallest absolute Gasteiger partial charge is 0.254 e. The van der Waals surface area contributed by atoms with E-state index in [2.05, 4.69) is 9.97 Å². The fourth-order valence-electron chi connectivity index (χ4n) is 1.79. The highest BCUT2D eigenvalue weighted by Gasteiger charge is 2.09. The zero-order valence-corrected chi connectivity index (χ0v) is 9.90. The number of nitrogens with one attached hydrogen (secondary N) is 1. The van der Waals surface area contributed by atoms with Crippen LogP contribution < -0.4 is 5.56 Å². The van der Waals surface area contributed by atoms with Crippen LogP contribution in [0.5, 0.6) is 0 Å². The van der Waals surface area contributed by atoms with Crippen molar-refractivity contribution >= 4 is 0 Å². The molecule has 0 saturated heterocycles. The molecule has 0 bridgehead atoms. The molecule has 0 saturated carbocycles. The van der Waals surface area contributed by atoms with Crippen LogP contribution in [0.4, 0.5) is 4.39 Å². The van der Waals surface area contributed by atoms with Crippen molar-refractivity contribution in [3.63, 3.8) is 0 Å². The molecule has 94 valence electrons. The molecule has 1 aromatic heterocycles. The summed E-state index contributed by atoms with van der Waals surface area (Å²) in [6.45, 7) is 1.59. The summed E-state index contributed by atoms with van der Waals surface area (Å²) < 4.78 is 13.1. The van der Waals surface area contributed by atoms with Crippen LogP contribution in [0.1, 0.15) is 11.3 Å². The molecule has 0 fully saturated rings. The van der Waals surface area contributed by atoms with Crippen molar-refractivity contribution in [2.75, 3.05) is 6.61 Å². The molecule has 1 aromatic carbocycles. The summed E-state index contributed by atoms with van der Waals surface area (Å²) in [5.41, 5.74) is 1.23. The van der Waals surface area contributed by atoms with Gasteiger partial charge in [0.1, 0.15) is 11.6 Å². The van der Waals surface area contributed by atoms with Gasteiger partial charge in [0.15, 0.2) is 0 Å². The fraction of sp³-hybridized carbons (Fsp3) is 0.231. The Morgan fingerprint density at radius 1 is 1.44 bits per heavy atom. The number of nitrogens with zero attached hydrogens (tertiary/aromatic N) is 1. The van der Waals surface area contributed by atoms with E-state index in [1.807, 2.05) is 0 Å². The second-order valence-corrected chi connectivity index (χ2v) is 3.96. The average Bonchev–Trinajstić information content (AvgIpc) is 2.33. The van der Waals surface area contributed by atoms with Crippen molar-refractivity contribution in [1.29, 1.82) is 0 Å². The third-order valence-electron chi connectivity index (χ3n) is 2.68. The number of hydrogen-bond donors (Lipinski definition) is 2. The van der Waals surface area contributed by atoms with Gasteiger partial charge >= 0.3 is 0 Å². The third-order valence-corrected chi connectivity index (χ3v) is 2.68. The van der Waals surface area contributed by atoms with Crippen molar-refractivity contribution in [3.8, 4) is 11.4 Å². The summed E-state index contributed by atoms with van der Waals surface area (Å²) in [5, 5.41) is 8.86. The summed E-state index contributed by atoms with van der Waals surface area (Å²) in [4.78, 5) is 18.6. The Labute approximate surface area is 103 Å². The molecule has 0 aliphatic heterocycles. The predicted molar refractivity (Wildman–Crippen MR) is 65.8 cm³/mol. The van der Waals surface area contributed by atoms with Crippen molar-refractivity contribution in [2.45, 2.75) is 13.3 Å². The standard InChI is InChI=1S/C13H13FN2O2/c1-8-11(5-6-17)13(18)16-12(15-8)9-3-2-4-10(14)7-9/h2-4,7,17H,5-6H2,1H3,(H,15,16,18).